The molecule has 1 N–H and O–H groups in total. The number of nitrogens with zero attached hydrogens (tertiary/aromatic N) is 3. The number of hydrogen-bond acceptors (Lipinski definition) is 5. The molecule has 1 aliphatic carbocycles. The standard InChI is InChI=1S/C19H20F2N4O2/c1-27-15-5-4-13(20)17(21)16(15)18(26)23-12-7-9-25(10-12)19-22-8-6-14(24-19)11-2-3-11/h4-6,8,11-12H,2-3,7,9-10H2,1H3,(H,23,26). The second-order valence-corrected chi connectivity index (χ2v) is 6.90. The number of methoxy groups -OCH3 is 1. The Morgan fingerprint density at radius 3 is 2.81 bits per heavy atom. The van der Waals surface area contributed by atoms with Gasteiger partial charge >= 0.3 is 0 Å². The largest absolute Gasteiger partial charge is 0.496 e. The Kier molecular flexibility index (Phi) is 4.63. The summed E-state index contributed by atoms with van der Waals surface area (Å²) in [5, 5.41) is 2.76. The predicted molar refractivity (Wildman–Crippen MR) is 95.0 cm³/mol. The van der Waals surface area contributed by atoms with Crippen LogP contribution in [0.2, 0.25) is 0 Å². The van der Waals surface area contributed by atoms with Crippen molar-refractivity contribution in [3.8, 4) is 5.75 Å². The van der Waals surface area contributed by atoms with E-state index in [0.29, 0.717) is 31.4 Å². The third-order valence-corrected chi connectivity index (χ3v) is 4.97. The van der Waals surface area contributed by atoms with E-state index in [2.05, 4.69) is 15.3 Å². The van der Waals surface area contributed by atoms with Crippen LogP contribution in [0.25, 0.3) is 0 Å². The second-order valence-electron chi connectivity index (χ2n) is 6.90. The fourth-order valence-corrected chi connectivity index (χ4v) is 3.35. The molecule has 1 amide bonds. The molecule has 1 aliphatic heterocycles. The molecule has 27 heavy (non-hydrogen) atoms. The van der Waals surface area contributed by atoms with Crippen LogP contribution in [0, 0.1) is 11.6 Å². The molecule has 142 valence electrons. The van der Waals surface area contributed by atoms with Crippen molar-refractivity contribution in [1.29, 1.82) is 0 Å². The molecule has 2 aromatic rings. The number of amides is 1. The van der Waals surface area contributed by atoms with Gasteiger partial charge in [-0.3, -0.25) is 4.79 Å². The van der Waals surface area contributed by atoms with Crippen LogP contribution in [0.15, 0.2) is 24.4 Å². The van der Waals surface area contributed by atoms with Crippen LogP contribution in [0.3, 0.4) is 0 Å². The summed E-state index contributed by atoms with van der Waals surface area (Å²) in [7, 11) is 1.31. The quantitative estimate of drug-likeness (QED) is 0.872. The van der Waals surface area contributed by atoms with Crippen LogP contribution < -0.4 is 15.0 Å². The summed E-state index contributed by atoms with van der Waals surface area (Å²) in [4.78, 5) is 23.4. The Labute approximate surface area is 155 Å². The summed E-state index contributed by atoms with van der Waals surface area (Å²) in [6, 6.07) is 3.91. The van der Waals surface area contributed by atoms with Crippen molar-refractivity contribution < 1.29 is 18.3 Å². The molecule has 1 aromatic carbocycles. The fourth-order valence-electron chi connectivity index (χ4n) is 3.35. The predicted octanol–water partition coefficient (Wildman–Crippen LogP) is 2.65. The topological polar surface area (TPSA) is 67.3 Å². The summed E-state index contributed by atoms with van der Waals surface area (Å²) in [5.41, 5.74) is 0.641. The number of anilines is 1. The van der Waals surface area contributed by atoms with Crippen molar-refractivity contribution in [2.45, 2.75) is 31.2 Å². The highest BCUT2D eigenvalue weighted by molar-refractivity contribution is 5.97. The molecule has 2 fully saturated rings. The van der Waals surface area contributed by atoms with Crippen molar-refractivity contribution in [1.82, 2.24) is 15.3 Å². The zero-order chi connectivity index (χ0) is 19.0. The molecule has 1 unspecified atom stereocenters. The Morgan fingerprint density at radius 2 is 2.07 bits per heavy atom. The van der Waals surface area contributed by atoms with Crippen molar-refractivity contribution >= 4 is 11.9 Å². The average Bonchev–Trinajstić information content (AvgIpc) is 3.43. The van der Waals surface area contributed by atoms with Crippen LogP contribution >= 0.6 is 0 Å². The van der Waals surface area contributed by atoms with Crippen molar-refractivity contribution in [3.05, 3.63) is 47.3 Å². The number of carbonyl (C=O) groups excluding carboxylic acids is 1. The Balaban J connectivity index is 1.45. The maximum absolute atomic E-state index is 14.1. The van der Waals surface area contributed by atoms with Gasteiger partial charge in [-0.1, -0.05) is 0 Å². The lowest BCUT2D eigenvalue weighted by molar-refractivity contribution is 0.0932. The average molecular weight is 374 g/mol. The van der Waals surface area contributed by atoms with E-state index in [0.717, 1.165) is 24.6 Å². The van der Waals surface area contributed by atoms with Crippen LogP contribution in [0.5, 0.6) is 5.75 Å². The van der Waals surface area contributed by atoms with Crippen LogP contribution in [-0.2, 0) is 0 Å². The van der Waals surface area contributed by atoms with E-state index in [1.807, 2.05) is 11.0 Å². The molecule has 0 radical (unpaired) electrons. The maximum Gasteiger partial charge on any atom is 0.258 e. The van der Waals surface area contributed by atoms with E-state index in [-0.39, 0.29) is 11.8 Å². The van der Waals surface area contributed by atoms with E-state index in [9.17, 15) is 13.6 Å². The molecule has 2 aliphatic rings. The monoisotopic (exact) mass is 374 g/mol. The van der Waals surface area contributed by atoms with Gasteiger partial charge in [0.1, 0.15) is 11.3 Å². The van der Waals surface area contributed by atoms with Crippen molar-refractivity contribution in [2.75, 3.05) is 25.1 Å². The molecule has 1 atom stereocenters. The van der Waals surface area contributed by atoms with E-state index in [1.165, 1.54) is 13.2 Å². The maximum atomic E-state index is 14.1. The molecule has 0 spiro atoms. The minimum atomic E-state index is -1.21. The molecule has 1 aromatic heterocycles. The van der Waals surface area contributed by atoms with E-state index >= 15 is 0 Å². The van der Waals surface area contributed by atoms with Gasteiger partial charge in [0.2, 0.25) is 5.95 Å². The van der Waals surface area contributed by atoms with Gasteiger partial charge in [0.15, 0.2) is 11.6 Å². The minimum Gasteiger partial charge on any atom is -0.496 e. The minimum absolute atomic E-state index is 0.00159. The van der Waals surface area contributed by atoms with Crippen LogP contribution in [-0.4, -0.2) is 42.1 Å². The molecule has 1 saturated carbocycles. The Morgan fingerprint density at radius 1 is 1.26 bits per heavy atom. The van der Waals surface area contributed by atoms with Crippen LogP contribution in [0.1, 0.15) is 41.2 Å². The number of rotatable bonds is 5. The third kappa shape index (κ3) is 3.56. The third-order valence-electron chi connectivity index (χ3n) is 4.97. The zero-order valence-electron chi connectivity index (χ0n) is 14.9. The molecule has 1 saturated heterocycles. The first-order chi connectivity index (χ1) is 13.1. The lowest BCUT2D eigenvalue weighted by Crippen LogP contribution is -2.38. The van der Waals surface area contributed by atoms with Crippen molar-refractivity contribution in [2.24, 2.45) is 0 Å². The lowest BCUT2D eigenvalue weighted by Gasteiger charge is -2.18. The van der Waals surface area contributed by atoms with E-state index < -0.39 is 23.1 Å². The Hall–Kier alpha value is -2.77. The first-order valence-corrected chi connectivity index (χ1v) is 8.97. The van der Waals surface area contributed by atoms with Gasteiger partial charge < -0.3 is 15.0 Å². The molecular formula is C19H20F2N4O2. The zero-order valence-corrected chi connectivity index (χ0v) is 14.9. The molecular weight excluding hydrogens is 354 g/mol. The number of ether oxygens (including phenoxy) is 1. The van der Waals surface area contributed by atoms with Gasteiger partial charge in [-0.15, -0.1) is 0 Å². The highest BCUT2D eigenvalue weighted by atomic mass is 19.2. The molecule has 0 bridgehead atoms. The first kappa shape index (κ1) is 17.6. The van der Waals surface area contributed by atoms with Crippen LogP contribution in [0.4, 0.5) is 14.7 Å². The lowest BCUT2D eigenvalue weighted by atomic mass is 10.1. The normalized spacial score (nSPS) is 19.2. The summed E-state index contributed by atoms with van der Waals surface area (Å²) in [6.45, 7) is 1.20. The second kappa shape index (κ2) is 7.09. The fraction of sp³-hybridized carbons (Fsp3) is 0.421. The van der Waals surface area contributed by atoms with E-state index in [4.69, 9.17) is 4.74 Å². The molecule has 6 nitrogen and oxygen atoms in total. The summed E-state index contributed by atoms with van der Waals surface area (Å²) in [6.07, 6.45) is 4.75. The molecule has 4 rings (SSSR count). The number of hydrogen-bond donors (Lipinski definition) is 1. The number of halogens is 2. The van der Waals surface area contributed by atoms with Gasteiger partial charge in [-0.05, 0) is 37.5 Å². The smallest absolute Gasteiger partial charge is 0.258 e. The summed E-state index contributed by atoms with van der Waals surface area (Å²) >= 11 is 0. The number of nitrogens with one attached hydrogen (secondary N) is 1. The highest BCUT2D eigenvalue weighted by Gasteiger charge is 2.30. The SMILES string of the molecule is COc1ccc(F)c(F)c1C(=O)NC1CCN(c2nccc(C3CC3)n2)C1. The molecule has 8 heteroatoms. The number of benzene rings is 1. The molecule has 2 heterocycles. The van der Waals surface area contributed by atoms with Crippen molar-refractivity contribution in [3.63, 3.8) is 0 Å². The van der Waals surface area contributed by atoms with Gasteiger partial charge in [-0.2, -0.15) is 0 Å². The summed E-state index contributed by atoms with van der Waals surface area (Å²) < 4.78 is 32.6. The first-order valence-electron chi connectivity index (χ1n) is 8.97. The van der Waals surface area contributed by atoms with Gasteiger partial charge in [0, 0.05) is 36.9 Å². The van der Waals surface area contributed by atoms with E-state index in [1.54, 1.807) is 6.20 Å². The number of aromatic nitrogens is 2. The number of carbonyl (C=O) groups is 1. The van der Waals surface area contributed by atoms with Gasteiger partial charge in [0.05, 0.1) is 7.11 Å². The Bertz CT molecular complexity index is 873. The summed E-state index contributed by atoms with van der Waals surface area (Å²) in [5.74, 6) is -1.80. The van der Waals surface area contributed by atoms with Gasteiger partial charge in [0.25, 0.3) is 5.91 Å². The van der Waals surface area contributed by atoms with Gasteiger partial charge in [-0.25, -0.2) is 18.7 Å². The highest BCUT2D eigenvalue weighted by Crippen LogP contribution is 2.39.